The second-order valence-electron chi connectivity index (χ2n) is 7.09. The van der Waals surface area contributed by atoms with Crippen LogP contribution in [0.2, 0.25) is 0 Å². The first-order valence-corrected chi connectivity index (χ1v) is 10.8. The van der Waals surface area contributed by atoms with Crippen LogP contribution in [0.4, 0.5) is 5.69 Å². The van der Waals surface area contributed by atoms with Gasteiger partial charge in [-0.05, 0) is 63.3 Å². The monoisotopic (exact) mass is 496 g/mol. The Morgan fingerprint density at radius 1 is 0.879 bits per heavy atom. The van der Waals surface area contributed by atoms with Crippen LogP contribution in [0.5, 0.6) is 5.75 Å². The zero-order valence-electron chi connectivity index (χ0n) is 17.3. The van der Waals surface area contributed by atoms with Gasteiger partial charge in [-0.3, -0.25) is 4.79 Å². The number of nitrogens with zero attached hydrogens (tertiary/aromatic N) is 1. The van der Waals surface area contributed by atoms with Crippen LogP contribution >= 0.6 is 15.9 Å². The molecule has 0 bridgehead atoms. The zero-order valence-corrected chi connectivity index (χ0v) is 18.9. The number of halogens is 1. The van der Waals surface area contributed by atoms with Crippen LogP contribution in [0.15, 0.2) is 101 Å². The van der Waals surface area contributed by atoms with E-state index in [1.54, 1.807) is 48.5 Å². The van der Waals surface area contributed by atoms with Gasteiger partial charge in [-0.2, -0.15) is 5.26 Å². The van der Waals surface area contributed by atoms with E-state index in [2.05, 4.69) is 21.2 Å². The largest absolute Gasteiger partial charge is 0.423 e. The summed E-state index contributed by atoms with van der Waals surface area (Å²) in [6.07, 6.45) is 1.49. The first-order chi connectivity index (χ1) is 16.0. The maximum Gasteiger partial charge on any atom is 0.344 e. The molecule has 5 nitrogen and oxygen atoms in total. The summed E-state index contributed by atoms with van der Waals surface area (Å²) in [4.78, 5) is 25.1. The Balaban J connectivity index is 1.49. The number of anilines is 1. The molecule has 1 amide bonds. The minimum atomic E-state index is -0.502. The van der Waals surface area contributed by atoms with Gasteiger partial charge in [-0.25, -0.2) is 4.79 Å². The Morgan fingerprint density at radius 2 is 1.58 bits per heavy atom. The van der Waals surface area contributed by atoms with Gasteiger partial charge in [0, 0.05) is 15.5 Å². The van der Waals surface area contributed by atoms with Crippen molar-refractivity contribution in [1.82, 2.24) is 0 Å². The minimum absolute atomic E-state index is 0.0408. The summed E-state index contributed by atoms with van der Waals surface area (Å²) in [5, 5.41) is 14.2. The molecule has 4 aromatic carbocycles. The Hall–Kier alpha value is -4.21. The maximum absolute atomic E-state index is 12.7. The zero-order chi connectivity index (χ0) is 23.2. The van der Waals surface area contributed by atoms with E-state index < -0.39 is 11.9 Å². The van der Waals surface area contributed by atoms with Crippen molar-refractivity contribution < 1.29 is 14.3 Å². The summed E-state index contributed by atoms with van der Waals surface area (Å²) in [6.45, 7) is 0. The Bertz CT molecular complexity index is 1410. The molecular weight excluding hydrogens is 480 g/mol. The van der Waals surface area contributed by atoms with Crippen LogP contribution in [0, 0.1) is 11.3 Å². The third-order valence-corrected chi connectivity index (χ3v) is 5.59. The van der Waals surface area contributed by atoms with Crippen molar-refractivity contribution in [2.45, 2.75) is 0 Å². The smallest absolute Gasteiger partial charge is 0.344 e. The highest BCUT2D eigenvalue weighted by Gasteiger charge is 2.13. The first kappa shape index (κ1) is 22.0. The van der Waals surface area contributed by atoms with Crippen molar-refractivity contribution in [1.29, 1.82) is 5.26 Å². The van der Waals surface area contributed by atoms with Crippen molar-refractivity contribution in [2.75, 3.05) is 5.32 Å². The highest BCUT2D eigenvalue weighted by Crippen LogP contribution is 2.24. The fourth-order valence-electron chi connectivity index (χ4n) is 3.26. The summed E-state index contributed by atoms with van der Waals surface area (Å²) in [7, 11) is 0. The number of amides is 1. The number of ether oxygens (including phenoxy) is 1. The number of benzene rings is 4. The number of nitrogens with one attached hydrogen (secondary N) is 1. The van der Waals surface area contributed by atoms with Gasteiger partial charge in [-0.1, -0.05) is 60.7 Å². The first-order valence-electron chi connectivity index (χ1n) is 10.0. The fourth-order valence-corrected chi connectivity index (χ4v) is 3.71. The molecule has 4 rings (SSSR count). The summed E-state index contributed by atoms with van der Waals surface area (Å²) >= 11 is 3.33. The third-order valence-electron chi connectivity index (χ3n) is 4.90. The Labute approximate surface area is 199 Å². The highest BCUT2D eigenvalue weighted by atomic mass is 79.9. The lowest BCUT2D eigenvalue weighted by molar-refractivity contribution is -0.112. The number of hydrogen-bond acceptors (Lipinski definition) is 4. The standard InChI is InChI=1S/C27H17BrN2O3/c28-24-10-4-3-9-23(24)27(32)33-21-14-12-18(13-15-21)16-20(17-29)26(31)30-25-11-5-7-19-6-1-2-8-22(19)25/h1-16H,(H,30,31)/b20-16+. The van der Waals surface area contributed by atoms with Crippen LogP contribution in [0.25, 0.3) is 16.8 Å². The lowest BCUT2D eigenvalue weighted by Crippen LogP contribution is -2.13. The van der Waals surface area contributed by atoms with Crippen LogP contribution in [0.3, 0.4) is 0 Å². The molecule has 6 heteroatoms. The van der Waals surface area contributed by atoms with E-state index in [9.17, 15) is 14.9 Å². The average molecular weight is 497 g/mol. The molecule has 4 aromatic rings. The number of carbonyl (C=O) groups is 2. The maximum atomic E-state index is 12.7. The minimum Gasteiger partial charge on any atom is -0.423 e. The molecule has 0 heterocycles. The van der Waals surface area contributed by atoms with Crippen molar-refractivity contribution >= 4 is 50.3 Å². The van der Waals surface area contributed by atoms with Crippen LogP contribution in [0.1, 0.15) is 15.9 Å². The quantitative estimate of drug-likeness (QED) is 0.151. The second kappa shape index (κ2) is 9.94. The van der Waals surface area contributed by atoms with Crippen molar-refractivity contribution in [2.24, 2.45) is 0 Å². The number of fused-ring (bicyclic) bond motifs is 1. The molecule has 0 spiro atoms. The molecule has 0 fully saturated rings. The number of nitriles is 1. The van der Waals surface area contributed by atoms with E-state index in [4.69, 9.17) is 4.74 Å². The van der Waals surface area contributed by atoms with E-state index in [0.29, 0.717) is 27.0 Å². The molecule has 0 radical (unpaired) electrons. The molecule has 33 heavy (non-hydrogen) atoms. The molecule has 0 atom stereocenters. The number of rotatable bonds is 5. The number of hydrogen-bond donors (Lipinski definition) is 1. The predicted molar refractivity (Wildman–Crippen MR) is 132 cm³/mol. The van der Waals surface area contributed by atoms with E-state index in [1.807, 2.05) is 48.5 Å². The summed E-state index contributed by atoms with van der Waals surface area (Å²) in [5.74, 6) is -0.636. The Kier molecular flexibility index (Phi) is 6.63. The van der Waals surface area contributed by atoms with E-state index in [-0.39, 0.29) is 5.57 Å². The van der Waals surface area contributed by atoms with Gasteiger partial charge in [0.25, 0.3) is 5.91 Å². The molecule has 0 saturated carbocycles. The van der Waals surface area contributed by atoms with Crippen LogP contribution < -0.4 is 10.1 Å². The second-order valence-corrected chi connectivity index (χ2v) is 7.94. The van der Waals surface area contributed by atoms with Gasteiger partial charge >= 0.3 is 5.97 Å². The van der Waals surface area contributed by atoms with Crippen molar-refractivity contribution in [3.05, 3.63) is 112 Å². The lowest BCUT2D eigenvalue weighted by Gasteiger charge is -2.08. The molecule has 0 aliphatic rings. The van der Waals surface area contributed by atoms with Gasteiger partial charge < -0.3 is 10.1 Å². The van der Waals surface area contributed by atoms with Gasteiger partial charge in [0.15, 0.2) is 0 Å². The van der Waals surface area contributed by atoms with Crippen LogP contribution in [-0.2, 0) is 4.79 Å². The molecule has 0 saturated heterocycles. The van der Waals surface area contributed by atoms with E-state index in [1.165, 1.54) is 6.08 Å². The fraction of sp³-hybridized carbons (Fsp3) is 0. The summed E-state index contributed by atoms with van der Waals surface area (Å²) < 4.78 is 6.04. The molecule has 0 aliphatic heterocycles. The van der Waals surface area contributed by atoms with Gasteiger partial charge in [0.2, 0.25) is 0 Å². The Morgan fingerprint density at radius 3 is 2.33 bits per heavy atom. The SMILES string of the molecule is N#C/C(=C\c1ccc(OC(=O)c2ccccc2Br)cc1)C(=O)Nc1cccc2ccccc12. The molecule has 0 aliphatic carbocycles. The predicted octanol–water partition coefficient (Wildman–Crippen LogP) is 6.37. The molecule has 160 valence electrons. The number of esters is 1. The lowest BCUT2D eigenvalue weighted by atomic mass is 10.1. The number of carbonyl (C=O) groups excluding carboxylic acids is 2. The normalized spacial score (nSPS) is 11.0. The molecular formula is C27H17BrN2O3. The van der Waals surface area contributed by atoms with Gasteiger partial charge in [0.05, 0.1) is 5.56 Å². The average Bonchev–Trinajstić information content (AvgIpc) is 2.84. The molecule has 0 unspecified atom stereocenters. The van der Waals surface area contributed by atoms with E-state index in [0.717, 1.165) is 10.8 Å². The molecule has 1 N–H and O–H groups in total. The van der Waals surface area contributed by atoms with Crippen molar-refractivity contribution in [3.8, 4) is 11.8 Å². The highest BCUT2D eigenvalue weighted by molar-refractivity contribution is 9.10. The van der Waals surface area contributed by atoms with Crippen LogP contribution in [-0.4, -0.2) is 11.9 Å². The topological polar surface area (TPSA) is 79.2 Å². The van der Waals surface area contributed by atoms with Crippen molar-refractivity contribution in [3.63, 3.8) is 0 Å². The third kappa shape index (κ3) is 5.17. The van der Waals surface area contributed by atoms with E-state index >= 15 is 0 Å². The summed E-state index contributed by atoms with van der Waals surface area (Å²) in [5.41, 5.74) is 1.63. The van der Waals surface area contributed by atoms with Gasteiger partial charge in [0.1, 0.15) is 17.4 Å². The van der Waals surface area contributed by atoms with Gasteiger partial charge in [-0.15, -0.1) is 0 Å². The molecule has 0 aromatic heterocycles. The summed E-state index contributed by atoms with van der Waals surface area (Å²) in [6, 6.07) is 28.8.